The third-order valence-corrected chi connectivity index (χ3v) is 6.22. The molecule has 1 saturated carbocycles. The lowest BCUT2D eigenvalue weighted by Gasteiger charge is -2.31. The van der Waals surface area contributed by atoms with Crippen molar-refractivity contribution in [1.82, 2.24) is 5.32 Å². The standard InChI is InChI=1S/C22H21ClN2O3S/c23-15-6-3-9-17(14-15)25(22(27)18-10-4-12-28-18)20(19-11-5-13-29-19)21(26)24-16-7-1-2-8-16/h3-6,9-14,16,20H,1-2,7-8H2,(H,24,26)/t20-/m0/s1. The number of benzene rings is 1. The highest BCUT2D eigenvalue weighted by atomic mass is 35.5. The van der Waals surface area contributed by atoms with Gasteiger partial charge in [0.1, 0.15) is 0 Å². The number of halogens is 1. The molecule has 0 aliphatic heterocycles. The van der Waals surface area contributed by atoms with E-state index in [-0.39, 0.29) is 17.7 Å². The molecule has 5 nitrogen and oxygen atoms in total. The van der Waals surface area contributed by atoms with Crippen LogP contribution in [0.4, 0.5) is 5.69 Å². The van der Waals surface area contributed by atoms with Gasteiger partial charge in [0.2, 0.25) is 5.91 Å². The third kappa shape index (κ3) is 4.38. The van der Waals surface area contributed by atoms with Gasteiger partial charge in [0.25, 0.3) is 5.91 Å². The maximum Gasteiger partial charge on any atom is 0.295 e. The molecular formula is C22H21ClN2O3S. The fourth-order valence-corrected chi connectivity index (χ4v) is 4.70. The summed E-state index contributed by atoms with van der Waals surface area (Å²) in [6, 6.07) is 13.3. The van der Waals surface area contributed by atoms with Crippen LogP contribution in [0.15, 0.2) is 64.6 Å². The van der Waals surface area contributed by atoms with Gasteiger partial charge < -0.3 is 9.73 Å². The van der Waals surface area contributed by atoms with E-state index in [0.29, 0.717) is 10.7 Å². The monoisotopic (exact) mass is 428 g/mol. The fraction of sp³-hybridized carbons (Fsp3) is 0.273. The maximum atomic E-state index is 13.4. The minimum absolute atomic E-state index is 0.143. The number of hydrogen-bond acceptors (Lipinski definition) is 4. The lowest BCUT2D eigenvalue weighted by atomic mass is 10.1. The molecule has 2 aromatic heterocycles. The molecule has 3 aromatic rings. The van der Waals surface area contributed by atoms with Crippen LogP contribution in [0.5, 0.6) is 0 Å². The molecule has 1 aromatic carbocycles. The van der Waals surface area contributed by atoms with Gasteiger partial charge in [0.15, 0.2) is 11.8 Å². The predicted octanol–water partition coefficient (Wildman–Crippen LogP) is 5.44. The Bertz CT molecular complexity index is 966. The summed E-state index contributed by atoms with van der Waals surface area (Å²) in [6.07, 6.45) is 5.59. The van der Waals surface area contributed by atoms with E-state index in [4.69, 9.17) is 16.0 Å². The highest BCUT2D eigenvalue weighted by molar-refractivity contribution is 7.10. The molecule has 2 heterocycles. The van der Waals surface area contributed by atoms with Crippen molar-refractivity contribution < 1.29 is 14.0 Å². The average molecular weight is 429 g/mol. The van der Waals surface area contributed by atoms with Crippen LogP contribution in [-0.4, -0.2) is 17.9 Å². The Kier molecular flexibility index (Phi) is 6.02. The fourth-order valence-electron chi connectivity index (χ4n) is 3.70. The molecule has 150 valence electrons. The van der Waals surface area contributed by atoms with Crippen molar-refractivity contribution in [2.45, 2.75) is 37.8 Å². The van der Waals surface area contributed by atoms with E-state index in [1.165, 1.54) is 22.5 Å². The first-order valence-electron chi connectivity index (χ1n) is 9.60. The molecule has 4 rings (SSSR count). The number of nitrogens with zero attached hydrogens (tertiary/aromatic N) is 1. The summed E-state index contributed by atoms with van der Waals surface area (Å²) in [6.45, 7) is 0. The minimum atomic E-state index is -0.813. The number of hydrogen-bond donors (Lipinski definition) is 1. The maximum absolute atomic E-state index is 13.4. The Morgan fingerprint density at radius 3 is 2.62 bits per heavy atom. The lowest BCUT2D eigenvalue weighted by Crippen LogP contribution is -2.46. The highest BCUT2D eigenvalue weighted by Gasteiger charge is 2.36. The van der Waals surface area contributed by atoms with Crippen molar-refractivity contribution in [2.75, 3.05) is 4.90 Å². The summed E-state index contributed by atoms with van der Waals surface area (Å²) >= 11 is 7.65. The number of amides is 2. The van der Waals surface area contributed by atoms with Crippen molar-refractivity contribution in [3.63, 3.8) is 0 Å². The van der Waals surface area contributed by atoms with Gasteiger partial charge in [-0.05, 0) is 54.6 Å². The van der Waals surface area contributed by atoms with Gasteiger partial charge in [-0.3, -0.25) is 14.5 Å². The van der Waals surface area contributed by atoms with Crippen LogP contribution in [0.1, 0.15) is 47.2 Å². The van der Waals surface area contributed by atoms with Gasteiger partial charge in [-0.1, -0.05) is 36.6 Å². The smallest absolute Gasteiger partial charge is 0.295 e. The van der Waals surface area contributed by atoms with Crippen molar-refractivity contribution in [3.8, 4) is 0 Å². The topological polar surface area (TPSA) is 62.6 Å². The zero-order chi connectivity index (χ0) is 20.2. The quantitative estimate of drug-likeness (QED) is 0.568. The first-order chi connectivity index (χ1) is 14.1. The Morgan fingerprint density at radius 1 is 1.14 bits per heavy atom. The van der Waals surface area contributed by atoms with Crippen LogP contribution in [0.2, 0.25) is 5.02 Å². The minimum Gasteiger partial charge on any atom is -0.459 e. The molecule has 29 heavy (non-hydrogen) atoms. The van der Waals surface area contributed by atoms with E-state index in [9.17, 15) is 9.59 Å². The Balaban J connectivity index is 1.77. The average Bonchev–Trinajstić information content (AvgIpc) is 3.49. The predicted molar refractivity (Wildman–Crippen MR) is 114 cm³/mol. The van der Waals surface area contributed by atoms with Crippen molar-refractivity contribution in [3.05, 3.63) is 75.8 Å². The van der Waals surface area contributed by atoms with Gasteiger partial charge in [0.05, 0.1) is 6.26 Å². The van der Waals surface area contributed by atoms with Gasteiger partial charge in [-0.25, -0.2) is 0 Å². The van der Waals surface area contributed by atoms with Crippen molar-refractivity contribution >= 4 is 40.4 Å². The molecule has 1 atom stereocenters. The summed E-state index contributed by atoms with van der Waals surface area (Å²) in [5, 5.41) is 5.53. The molecule has 1 aliphatic carbocycles. The van der Waals surface area contributed by atoms with E-state index in [0.717, 1.165) is 30.6 Å². The van der Waals surface area contributed by atoms with Gasteiger partial charge in [-0.15, -0.1) is 11.3 Å². The second-order valence-corrected chi connectivity index (χ2v) is 8.46. The van der Waals surface area contributed by atoms with Gasteiger partial charge in [-0.2, -0.15) is 0 Å². The molecular weight excluding hydrogens is 408 g/mol. The summed E-state index contributed by atoms with van der Waals surface area (Å²) < 4.78 is 5.36. The first-order valence-corrected chi connectivity index (χ1v) is 10.9. The number of rotatable bonds is 6. The number of thiophene rings is 1. The van der Waals surface area contributed by atoms with Crippen LogP contribution in [0.25, 0.3) is 0 Å². The SMILES string of the molecule is O=C(NC1CCCC1)[C@H](c1cccs1)N(C(=O)c1ccco1)c1cccc(Cl)c1. The molecule has 0 saturated heterocycles. The van der Waals surface area contributed by atoms with E-state index in [1.807, 2.05) is 17.5 Å². The number of carbonyl (C=O) groups excluding carboxylic acids is 2. The molecule has 1 aliphatic rings. The molecule has 7 heteroatoms. The van der Waals surface area contributed by atoms with Crippen LogP contribution >= 0.6 is 22.9 Å². The Morgan fingerprint density at radius 2 is 1.97 bits per heavy atom. The molecule has 0 spiro atoms. The number of anilines is 1. The second kappa shape index (κ2) is 8.84. The van der Waals surface area contributed by atoms with Gasteiger partial charge in [0, 0.05) is 21.6 Å². The van der Waals surface area contributed by atoms with E-state index in [2.05, 4.69) is 5.32 Å². The zero-order valence-electron chi connectivity index (χ0n) is 15.7. The van der Waals surface area contributed by atoms with Crippen LogP contribution in [0.3, 0.4) is 0 Å². The largest absolute Gasteiger partial charge is 0.459 e. The summed E-state index contributed by atoms with van der Waals surface area (Å²) in [5.41, 5.74) is 0.541. The normalized spacial score (nSPS) is 15.2. The summed E-state index contributed by atoms with van der Waals surface area (Å²) in [5.74, 6) is -0.420. The van der Waals surface area contributed by atoms with Crippen LogP contribution in [-0.2, 0) is 4.79 Å². The van der Waals surface area contributed by atoms with Crippen molar-refractivity contribution in [1.29, 1.82) is 0 Å². The lowest BCUT2D eigenvalue weighted by molar-refractivity contribution is -0.123. The molecule has 0 unspecified atom stereocenters. The highest BCUT2D eigenvalue weighted by Crippen LogP contribution is 2.34. The van der Waals surface area contributed by atoms with Crippen molar-refractivity contribution in [2.24, 2.45) is 0 Å². The molecule has 0 bridgehead atoms. The summed E-state index contributed by atoms with van der Waals surface area (Å²) in [4.78, 5) is 29.1. The number of furan rings is 1. The van der Waals surface area contributed by atoms with E-state index in [1.54, 1.807) is 36.4 Å². The van der Waals surface area contributed by atoms with Gasteiger partial charge >= 0.3 is 0 Å². The molecule has 1 fully saturated rings. The van der Waals surface area contributed by atoms with Crippen LogP contribution in [0, 0.1) is 0 Å². The van der Waals surface area contributed by atoms with Crippen LogP contribution < -0.4 is 10.2 Å². The molecule has 1 N–H and O–H groups in total. The third-order valence-electron chi connectivity index (χ3n) is 5.06. The molecule has 0 radical (unpaired) electrons. The number of nitrogens with one attached hydrogen (secondary N) is 1. The number of carbonyl (C=O) groups is 2. The Hall–Kier alpha value is -2.57. The Labute approximate surface area is 178 Å². The second-order valence-electron chi connectivity index (χ2n) is 7.04. The first kappa shape index (κ1) is 19.7. The van der Waals surface area contributed by atoms with E-state index >= 15 is 0 Å². The summed E-state index contributed by atoms with van der Waals surface area (Å²) in [7, 11) is 0. The van der Waals surface area contributed by atoms with E-state index < -0.39 is 11.9 Å². The zero-order valence-corrected chi connectivity index (χ0v) is 17.3. The molecule has 2 amide bonds.